The Morgan fingerprint density at radius 1 is 1.09 bits per heavy atom. The first-order chi connectivity index (χ1) is 10.5. The Bertz CT molecular complexity index is 500. The fourth-order valence-corrected chi connectivity index (χ4v) is 1.71. The third-order valence-corrected chi connectivity index (χ3v) is 2.72. The van der Waals surface area contributed by atoms with Crippen LogP contribution in [0.25, 0.3) is 0 Å². The summed E-state index contributed by atoms with van der Waals surface area (Å²) in [6, 6.07) is 9.56. The Labute approximate surface area is 130 Å². The fraction of sp³-hybridized carbons (Fsp3) is 0.438. The predicted molar refractivity (Wildman–Crippen MR) is 82.0 cm³/mol. The van der Waals surface area contributed by atoms with Gasteiger partial charge in [0.15, 0.2) is 6.61 Å². The summed E-state index contributed by atoms with van der Waals surface area (Å²) < 4.78 is 4.86. The molecule has 6 nitrogen and oxygen atoms in total. The van der Waals surface area contributed by atoms with Gasteiger partial charge >= 0.3 is 5.97 Å². The fourth-order valence-electron chi connectivity index (χ4n) is 1.71. The zero-order valence-electron chi connectivity index (χ0n) is 12.9. The molecule has 1 aromatic carbocycles. The number of amides is 2. The van der Waals surface area contributed by atoms with Crippen LogP contribution < -0.4 is 10.6 Å². The van der Waals surface area contributed by atoms with Crippen molar-refractivity contribution < 1.29 is 19.1 Å². The van der Waals surface area contributed by atoms with Crippen molar-refractivity contribution in [1.29, 1.82) is 0 Å². The first kappa shape index (κ1) is 17.7. The van der Waals surface area contributed by atoms with Crippen LogP contribution in [0.2, 0.25) is 0 Å². The molecule has 0 aliphatic heterocycles. The van der Waals surface area contributed by atoms with Crippen LogP contribution in [-0.2, 0) is 25.5 Å². The molecule has 0 aliphatic rings. The summed E-state index contributed by atoms with van der Waals surface area (Å²) in [7, 11) is 0. The van der Waals surface area contributed by atoms with Gasteiger partial charge in [-0.25, -0.2) is 0 Å². The maximum Gasteiger partial charge on any atom is 0.306 e. The van der Waals surface area contributed by atoms with E-state index in [0.717, 1.165) is 5.56 Å². The maximum atomic E-state index is 11.5. The lowest BCUT2D eigenvalue weighted by molar-refractivity contribution is -0.148. The lowest BCUT2D eigenvalue weighted by Gasteiger charge is -2.09. The molecule has 0 saturated heterocycles. The van der Waals surface area contributed by atoms with E-state index in [1.165, 1.54) is 0 Å². The highest BCUT2D eigenvalue weighted by molar-refractivity contribution is 5.86. The number of hydrogen-bond acceptors (Lipinski definition) is 4. The monoisotopic (exact) mass is 306 g/mol. The second-order valence-corrected chi connectivity index (χ2v) is 5.15. The quantitative estimate of drug-likeness (QED) is 0.696. The van der Waals surface area contributed by atoms with E-state index in [4.69, 9.17) is 4.74 Å². The van der Waals surface area contributed by atoms with Crippen molar-refractivity contribution in [1.82, 2.24) is 10.6 Å². The average Bonchev–Trinajstić information content (AvgIpc) is 2.49. The van der Waals surface area contributed by atoms with Crippen LogP contribution in [-0.4, -0.2) is 37.0 Å². The number of carbonyl (C=O) groups is 3. The molecular weight excluding hydrogens is 284 g/mol. The molecule has 0 aromatic heterocycles. The SMILES string of the molecule is CC(C)NC(=O)CNC(=O)COC(=O)CCc1ccccc1. The van der Waals surface area contributed by atoms with Gasteiger partial charge < -0.3 is 15.4 Å². The van der Waals surface area contributed by atoms with E-state index < -0.39 is 11.9 Å². The van der Waals surface area contributed by atoms with Gasteiger partial charge in [0.1, 0.15) is 0 Å². The van der Waals surface area contributed by atoms with Gasteiger partial charge in [0.2, 0.25) is 5.91 Å². The molecule has 0 bridgehead atoms. The lowest BCUT2D eigenvalue weighted by atomic mass is 10.1. The van der Waals surface area contributed by atoms with E-state index in [-0.39, 0.29) is 31.5 Å². The van der Waals surface area contributed by atoms with Crippen molar-refractivity contribution in [3.05, 3.63) is 35.9 Å². The number of benzene rings is 1. The standard InChI is InChI=1S/C16H22N2O4/c1-12(2)18-14(19)10-17-15(20)11-22-16(21)9-8-13-6-4-3-5-7-13/h3-7,12H,8-11H2,1-2H3,(H,17,20)(H,18,19). The first-order valence-corrected chi connectivity index (χ1v) is 7.23. The van der Waals surface area contributed by atoms with Crippen LogP contribution >= 0.6 is 0 Å². The summed E-state index contributed by atoms with van der Waals surface area (Å²) in [5.41, 5.74) is 1.04. The molecule has 0 saturated carbocycles. The van der Waals surface area contributed by atoms with Crippen LogP contribution in [0.3, 0.4) is 0 Å². The van der Waals surface area contributed by atoms with Gasteiger partial charge in [-0.1, -0.05) is 30.3 Å². The van der Waals surface area contributed by atoms with Crippen molar-refractivity contribution in [3.8, 4) is 0 Å². The van der Waals surface area contributed by atoms with Gasteiger partial charge in [-0.05, 0) is 25.8 Å². The number of esters is 1. The summed E-state index contributed by atoms with van der Waals surface area (Å²) in [4.78, 5) is 34.3. The Balaban J connectivity index is 2.15. The van der Waals surface area contributed by atoms with E-state index in [1.807, 2.05) is 44.2 Å². The number of hydrogen-bond donors (Lipinski definition) is 2. The van der Waals surface area contributed by atoms with Crippen molar-refractivity contribution in [3.63, 3.8) is 0 Å². The molecule has 0 atom stereocenters. The van der Waals surface area contributed by atoms with Crippen LogP contribution in [0.1, 0.15) is 25.8 Å². The summed E-state index contributed by atoms with van der Waals surface area (Å²) in [6.45, 7) is 3.16. The van der Waals surface area contributed by atoms with Gasteiger partial charge in [0, 0.05) is 12.5 Å². The molecule has 2 amide bonds. The van der Waals surface area contributed by atoms with Gasteiger partial charge in [-0.3, -0.25) is 14.4 Å². The lowest BCUT2D eigenvalue weighted by Crippen LogP contribution is -2.41. The normalized spacial score (nSPS) is 10.1. The smallest absolute Gasteiger partial charge is 0.306 e. The highest BCUT2D eigenvalue weighted by atomic mass is 16.5. The summed E-state index contributed by atoms with van der Waals surface area (Å²) in [6.07, 6.45) is 0.781. The predicted octanol–water partition coefficient (Wildman–Crippen LogP) is 0.803. The highest BCUT2D eigenvalue weighted by Gasteiger charge is 2.09. The third kappa shape index (κ3) is 8.04. The third-order valence-electron chi connectivity index (χ3n) is 2.72. The minimum atomic E-state index is -0.494. The molecule has 1 aromatic rings. The Morgan fingerprint density at radius 2 is 1.77 bits per heavy atom. The Morgan fingerprint density at radius 3 is 2.41 bits per heavy atom. The molecule has 120 valence electrons. The maximum absolute atomic E-state index is 11.5. The van der Waals surface area contributed by atoms with E-state index in [9.17, 15) is 14.4 Å². The molecule has 2 N–H and O–H groups in total. The molecule has 0 unspecified atom stereocenters. The van der Waals surface area contributed by atoms with Crippen molar-refractivity contribution in [2.45, 2.75) is 32.7 Å². The first-order valence-electron chi connectivity index (χ1n) is 7.23. The zero-order valence-corrected chi connectivity index (χ0v) is 12.9. The number of carbonyl (C=O) groups excluding carboxylic acids is 3. The molecule has 22 heavy (non-hydrogen) atoms. The molecule has 0 aliphatic carbocycles. The zero-order chi connectivity index (χ0) is 16.4. The number of aryl methyl sites for hydroxylation is 1. The molecular formula is C16H22N2O4. The van der Waals surface area contributed by atoms with Gasteiger partial charge in [-0.15, -0.1) is 0 Å². The molecule has 0 fully saturated rings. The largest absolute Gasteiger partial charge is 0.456 e. The van der Waals surface area contributed by atoms with Crippen LogP contribution in [0.15, 0.2) is 30.3 Å². The Hall–Kier alpha value is -2.37. The van der Waals surface area contributed by atoms with Crippen molar-refractivity contribution in [2.75, 3.05) is 13.2 Å². The van der Waals surface area contributed by atoms with Crippen LogP contribution in [0, 0.1) is 0 Å². The average molecular weight is 306 g/mol. The van der Waals surface area contributed by atoms with Gasteiger partial charge in [0.25, 0.3) is 5.91 Å². The van der Waals surface area contributed by atoms with Crippen LogP contribution in [0.5, 0.6) is 0 Å². The van der Waals surface area contributed by atoms with Crippen molar-refractivity contribution >= 4 is 17.8 Å². The minimum Gasteiger partial charge on any atom is -0.456 e. The van der Waals surface area contributed by atoms with E-state index in [1.54, 1.807) is 0 Å². The van der Waals surface area contributed by atoms with Gasteiger partial charge in [-0.2, -0.15) is 0 Å². The van der Waals surface area contributed by atoms with E-state index in [0.29, 0.717) is 6.42 Å². The van der Waals surface area contributed by atoms with E-state index in [2.05, 4.69) is 10.6 Å². The molecule has 1 rings (SSSR count). The molecule has 6 heteroatoms. The van der Waals surface area contributed by atoms with E-state index >= 15 is 0 Å². The molecule has 0 spiro atoms. The van der Waals surface area contributed by atoms with Crippen LogP contribution in [0.4, 0.5) is 0 Å². The van der Waals surface area contributed by atoms with Crippen molar-refractivity contribution in [2.24, 2.45) is 0 Å². The summed E-state index contributed by atoms with van der Waals surface area (Å²) >= 11 is 0. The van der Waals surface area contributed by atoms with Gasteiger partial charge in [0.05, 0.1) is 6.54 Å². The molecule has 0 heterocycles. The molecule has 0 radical (unpaired) electrons. The number of rotatable bonds is 8. The second kappa shape index (κ2) is 9.55. The number of ether oxygens (including phenoxy) is 1. The second-order valence-electron chi connectivity index (χ2n) is 5.15. The summed E-state index contributed by atoms with van der Waals surface area (Å²) in [5, 5.41) is 5.03. The highest BCUT2D eigenvalue weighted by Crippen LogP contribution is 2.03. The topological polar surface area (TPSA) is 84.5 Å². The Kier molecular flexibility index (Phi) is 7.67. The number of nitrogens with one attached hydrogen (secondary N) is 2. The summed E-state index contributed by atoms with van der Waals surface area (Å²) in [5.74, 6) is -1.21. The minimum absolute atomic E-state index is 0.0141.